The summed E-state index contributed by atoms with van der Waals surface area (Å²) in [6.45, 7) is 1.75. The number of aromatic nitrogens is 2. The smallest absolute Gasteiger partial charge is 0.273 e. The van der Waals surface area contributed by atoms with Crippen molar-refractivity contribution in [2.45, 2.75) is 37.7 Å². The summed E-state index contributed by atoms with van der Waals surface area (Å²) >= 11 is 1.44. The monoisotopic (exact) mass is 345 g/mol. The molecule has 0 radical (unpaired) electrons. The second-order valence-electron chi connectivity index (χ2n) is 6.09. The quantitative estimate of drug-likeness (QED) is 0.849. The number of pyridine rings is 1. The van der Waals surface area contributed by atoms with Crippen LogP contribution < -0.4 is 0 Å². The van der Waals surface area contributed by atoms with Crippen LogP contribution in [-0.2, 0) is 16.1 Å². The first-order valence-corrected chi connectivity index (χ1v) is 9.08. The largest absolute Gasteiger partial charge is 0.373 e. The molecule has 24 heavy (non-hydrogen) atoms. The van der Waals surface area contributed by atoms with Crippen molar-refractivity contribution in [3.8, 4) is 0 Å². The van der Waals surface area contributed by atoms with Crippen molar-refractivity contribution in [3.63, 3.8) is 0 Å². The molecule has 4 heterocycles. The zero-order chi connectivity index (χ0) is 16.4. The third-order valence-corrected chi connectivity index (χ3v) is 5.16. The van der Waals surface area contributed by atoms with Crippen LogP contribution in [0.1, 0.15) is 28.9 Å². The Balaban J connectivity index is 1.48. The highest BCUT2D eigenvalue weighted by molar-refractivity contribution is 7.07. The zero-order valence-electron chi connectivity index (χ0n) is 13.2. The molecule has 0 aliphatic carbocycles. The number of rotatable bonds is 4. The Morgan fingerprint density at radius 3 is 3.25 bits per heavy atom. The lowest BCUT2D eigenvalue weighted by atomic mass is 10.0. The number of hydrogen-bond acceptors (Lipinski definition) is 6. The highest BCUT2D eigenvalue weighted by atomic mass is 32.1. The molecule has 0 spiro atoms. The molecule has 0 N–H and O–H groups in total. The molecule has 2 saturated heterocycles. The molecule has 4 rings (SSSR count). The second-order valence-corrected chi connectivity index (χ2v) is 6.81. The Bertz CT molecular complexity index is 680. The molecule has 126 valence electrons. The molecular weight excluding hydrogens is 326 g/mol. The Hall–Kier alpha value is -1.83. The minimum Gasteiger partial charge on any atom is -0.373 e. The summed E-state index contributed by atoms with van der Waals surface area (Å²) < 4.78 is 12.0. The first-order valence-electron chi connectivity index (χ1n) is 8.14. The van der Waals surface area contributed by atoms with E-state index in [0.29, 0.717) is 18.8 Å². The fraction of sp³-hybridized carbons (Fsp3) is 0.471. The molecule has 2 aromatic rings. The fourth-order valence-corrected chi connectivity index (χ4v) is 3.97. The van der Waals surface area contributed by atoms with E-state index in [-0.39, 0.29) is 24.2 Å². The summed E-state index contributed by atoms with van der Waals surface area (Å²) in [5, 5.41) is 1.80. The van der Waals surface area contributed by atoms with Crippen LogP contribution in [0.25, 0.3) is 0 Å². The molecule has 0 aromatic carbocycles. The van der Waals surface area contributed by atoms with E-state index in [1.807, 2.05) is 17.0 Å². The van der Waals surface area contributed by atoms with Crippen molar-refractivity contribution in [1.82, 2.24) is 14.9 Å². The maximum atomic E-state index is 12.7. The van der Waals surface area contributed by atoms with Crippen molar-refractivity contribution in [2.75, 3.05) is 13.2 Å². The van der Waals surface area contributed by atoms with Crippen LogP contribution in [0.3, 0.4) is 0 Å². The maximum Gasteiger partial charge on any atom is 0.273 e. The van der Waals surface area contributed by atoms with Crippen LogP contribution in [0, 0.1) is 0 Å². The lowest BCUT2D eigenvalue weighted by Crippen LogP contribution is -2.44. The van der Waals surface area contributed by atoms with Gasteiger partial charge in [-0.1, -0.05) is 6.07 Å². The van der Waals surface area contributed by atoms with Gasteiger partial charge in [0.1, 0.15) is 17.9 Å². The molecule has 3 atom stereocenters. The normalized spacial score (nSPS) is 26.3. The van der Waals surface area contributed by atoms with Crippen molar-refractivity contribution < 1.29 is 14.3 Å². The summed E-state index contributed by atoms with van der Waals surface area (Å²) in [6, 6.07) is 3.96. The second kappa shape index (κ2) is 6.96. The van der Waals surface area contributed by atoms with Crippen LogP contribution in [0.2, 0.25) is 0 Å². The third-order valence-electron chi connectivity index (χ3n) is 4.58. The topological polar surface area (TPSA) is 64.6 Å². The van der Waals surface area contributed by atoms with E-state index in [4.69, 9.17) is 9.47 Å². The average molecular weight is 345 g/mol. The van der Waals surface area contributed by atoms with Gasteiger partial charge in [0.05, 0.1) is 24.7 Å². The summed E-state index contributed by atoms with van der Waals surface area (Å²) in [6.07, 6.45) is 5.29. The highest BCUT2D eigenvalue weighted by Crippen LogP contribution is 2.32. The first kappa shape index (κ1) is 15.7. The number of likely N-dealkylation sites (tertiary alicyclic amines) is 1. The summed E-state index contributed by atoms with van der Waals surface area (Å²) in [7, 11) is 0. The Labute approximate surface area is 144 Å². The molecule has 2 fully saturated rings. The minimum absolute atomic E-state index is 0.0239. The molecule has 2 aliphatic rings. The number of ether oxygens (including phenoxy) is 2. The SMILES string of the molecule is O=C(c1cscn1)N1C[C@@H](OCc2cccnc2)[C@H]2OCCC[C@H]21. The lowest BCUT2D eigenvalue weighted by Gasteiger charge is -2.31. The van der Waals surface area contributed by atoms with Gasteiger partial charge in [0.2, 0.25) is 0 Å². The van der Waals surface area contributed by atoms with Crippen LogP contribution >= 0.6 is 11.3 Å². The highest BCUT2D eigenvalue weighted by Gasteiger charge is 2.47. The number of hydrogen-bond donors (Lipinski definition) is 0. The van der Waals surface area contributed by atoms with Crippen LogP contribution in [-0.4, -0.2) is 52.2 Å². The van der Waals surface area contributed by atoms with E-state index in [2.05, 4.69) is 9.97 Å². The molecule has 6 nitrogen and oxygen atoms in total. The van der Waals surface area contributed by atoms with Crippen molar-refractivity contribution in [2.24, 2.45) is 0 Å². The number of carbonyl (C=O) groups excluding carboxylic acids is 1. The predicted octanol–water partition coefficient (Wildman–Crippen LogP) is 2.13. The number of fused-ring (bicyclic) bond motifs is 1. The van der Waals surface area contributed by atoms with Gasteiger partial charge in [-0.15, -0.1) is 11.3 Å². The van der Waals surface area contributed by atoms with Gasteiger partial charge >= 0.3 is 0 Å². The fourth-order valence-electron chi connectivity index (χ4n) is 3.44. The standard InChI is InChI=1S/C17H19N3O3S/c21-17(13-10-24-11-19-13)20-8-15(16-14(20)4-2-6-22-16)23-9-12-3-1-5-18-7-12/h1,3,5,7,10-11,14-16H,2,4,6,8-9H2/t14-,15-,16+/m1/s1. The van der Waals surface area contributed by atoms with E-state index < -0.39 is 0 Å². The van der Waals surface area contributed by atoms with Gasteiger partial charge < -0.3 is 14.4 Å². The zero-order valence-corrected chi connectivity index (χ0v) is 14.0. The molecule has 1 amide bonds. The third kappa shape index (κ3) is 3.07. The van der Waals surface area contributed by atoms with Gasteiger partial charge in [-0.2, -0.15) is 0 Å². The summed E-state index contributed by atoms with van der Waals surface area (Å²) in [5.74, 6) is -0.0239. The molecule has 2 aromatic heterocycles. The number of amides is 1. The van der Waals surface area contributed by atoms with Gasteiger partial charge in [-0.3, -0.25) is 9.78 Å². The molecule has 0 saturated carbocycles. The van der Waals surface area contributed by atoms with Gasteiger partial charge in [0.25, 0.3) is 5.91 Å². The Kier molecular flexibility index (Phi) is 4.55. The number of nitrogens with zero attached hydrogens (tertiary/aromatic N) is 3. The Morgan fingerprint density at radius 2 is 2.46 bits per heavy atom. The van der Waals surface area contributed by atoms with Crippen molar-refractivity contribution in [1.29, 1.82) is 0 Å². The van der Waals surface area contributed by atoms with Crippen LogP contribution in [0.4, 0.5) is 0 Å². The maximum absolute atomic E-state index is 12.7. The van der Waals surface area contributed by atoms with Gasteiger partial charge in [0.15, 0.2) is 0 Å². The van der Waals surface area contributed by atoms with E-state index in [1.165, 1.54) is 11.3 Å². The van der Waals surface area contributed by atoms with Crippen molar-refractivity contribution >= 4 is 17.2 Å². The summed E-state index contributed by atoms with van der Waals surface area (Å²) in [5.41, 5.74) is 3.22. The van der Waals surface area contributed by atoms with Gasteiger partial charge in [0, 0.05) is 24.4 Å². The van der Waals surface area contributed by atoms with Crippen LogP contribution in [0.5, 0.6) is 0 Å². The molecule has 0 unspecified atom stereocenters. The van der Waals surface area contributed by atoms with E-state index in [9.17, 15) is 4.79 Å². The van der Waals surface area contributed by atoms with Gasteiger partial charge in [-0.25, -0.2) is 4.98 Å². The molecule has 0 bridgehead atoms. The predicted molar refractivity (Wildman–Crippen MR) is 88.7 cm³/mol. The molecule has 7 heteroatoms. The van der Waals surface area contributed by atoms with E-state index in [1.54, 1.807) is 23.3 Å². The van der Waals surface area contributed by atoms with Crippen molar-refractivity contribution in [3.05, 3.63) is 46.7 Å². The Morgan fingerprint density at radius 1 is 1.50 bits per heavy atom. The van der Waals surface area contributed by atoms with Gasteiger partial charge in [-0.05, 0) is 24.5 Å². The molecule has 2 aliphatic heterocycles. The van der Waals surface area contributed by atoms with Crippen LogP contribution in [0.15, 0.2) is 35.4 Å². The van der Waals surface area contributed by atoms with E-state index in [0.717, 1.165) is 25.0 Å². The number of thiazole rings is 1. The first-order chi connectivity index (χ1) is 11.8. The van der Waals surface area contributed by atoms with E-state index >= 15 is 0 Å². The number of carbonyl (C=O) groups is 1. The molecular formula is C17H19N3O3S. The minimum atomic E-state index is -0.113. The average Bonchev–Trinajstić information content (AvgIpc) is 3.29. The summed E-state index contributed by atoms with van der Waals surface area (Å²) in [4.78, 5) is 22.9. The lowest BCUT2D eigenvalue weighted by molar-refractivity contribution is -0.0810.